The number of aliphatic hydroxyl groups is 1. The Morgan fingerprint density at radius 3 is 2.88 bits per heavy atom. The number of hydrogen-bond donors (Lipinski definition) is 2. The van der Waals surface area contributed by atoms with Crippen LogP contribution in [0.5, 0.6) is 0 Å². The molecule has 0 fully saturated rings. The van der Waals surface area contributed by atoms with Crippen molar-refractivity contribution in [3.05, 3.63) is 29.3 Å². The molecule has 2 N–H and O–H groups in total. The first-order valence-corrected chi connectivity index (χ1v) is 6.44. The second-order valence-corrected chi connectivity index (χ2v) is 4.78. The zero-order valence-corrected chi connectivity index (χ0v) is 10.6. The van der Waals surface area contributed by atoms with Crippen LogP contribution in [0.25, 0.3) is 10.6 Å². The van der Waals surface area contributed by atoms with Crippen LogP contribution in [0.1, 0.15) is 6.42 Å². The summed E-state index contributed by atoms with van der Waals surface area (Å²) in [5, 5.41) is 22.1. The van der Waals surface area contributed by atoms with Crippen LogP contribution in [0.2, 0.25) is 5.02 Å². The van der Waals surface area contributed by atoms with Crippen LogP contribution in [-0.4, -0.2) is 28.5 Å². The lowest BCUT2D eigenvalue weighted by Gasteiger charge is -1.98. The summed E-state index contributed by atoms with van der Waals surface area (Å²) in [6.45, 7) is 0.858. The molecular weight excluding hydrogens is 258 g/mol. The summed E-state index contributed by atoms with van der Waals surface area (Å²) >= 11 is 7.53. The highest BCUT2D eigenvalue weighted by atomic mass is 35.5. The van der Waals surface area contributed by atoms with Crippen molar-refractivity contribution >= 4 is 28.1 Å². The average Bonchev–Trinajstić information content (AvgIpc) is 2.79. The molecule has 1 aromatic heterocycles. The highest BCUT2D eigenvalue weighted by Crippen LogP contribution is 2.31. The molecule has 1 heterocycles. The number of rotatable bonds is 5. The Hall–Kier alpha value is -1.17. The van der Waals surface area contributed by atoms with Gasteiger partial charge in [-0.25, -0.2) is 0 Å². The molecule has 17 heavy (non-hydrogen) atoms. The predicted octanol–water partition coefficient (Wildman–Crippen LogP) is 2.65. The van der Waals surface area contributed by atoms with Gasteiger partial charge in [0, 0.05) is 18.7 Å². The molecule has 0 bridgehead atoms. The fraction of sp³-hybridized carbons (Fsp3) is 0.273. The molecule has 0 radical (unpaired) electrons. The zero-order chi connectivity index (χ0) is 12.1. The molecule has 0 spiro atoms. The second-order valence-electron chi connectivity index (χ2n) is 3.40. The summed E-state index contributed by atoms with van der Waals surface area (Å²) in [5.41, 5.74) is 0.891. The molecule has 2 rings (SSSR count). The molecule has 0 unspecified atom stereocenters. The molecule has 1 aromatic carbocycles. The molecule has 0 atom stereocenters. The number of halogens is 1. The average molecular weight is 270 g/mol. The van der Waals surface area contributed by atoms with Gasteiger partial charge in [0.25, 0.3) is 0 Å². The maximum Gasteiger partial charge on any atom is 0.206 e. The number of benzene rings is 1. The van der Waals surface area contributed by atoms with E-state index >= 15 is 0 Å². The minimum atomic E-state index is 0.170. The van der Waals surface area contributed by atoms with Gasteiger partial charge in [0.1, 0.15) is 0 Å². The quantitative estimate of drug-likeness (QED) is 0.820. The summed E-state index contributed by atoms with van der Waals surface area (Å²) in [6.07, 6.45) is 0.695. The first kappa shape index (κ1) is 12.3. The van der Waals surface area contributed by atoms with E-state index in [-0.39, 0.29) is 6.61 Å². The number of hydrogen-bond acceptors (Lipinski definition) is 5. The van der Waals surface area contributed by atoms with Gasteiger partial charge in [-0.3, -0.25) is 0 Å². The maximum absolute atomic E-state index is 8.67. The molecular formula is C11H12ClN3OS. The van der Waals surface area contributed by atoms with Crippen LogP contribution in [0, 0.1) is 0 Å². The Bertz CT molecular complexity index is 489. The van der Waals surface area contributed by atoms with Crippen LogP contribution in [-0.2, 0) is 0 Å². The fourth-order valence-electron chi connectivity index (χ4n) is 1.31. The lowest BCUT2D eigenvalue weighted by Crippen LogP contribution is -2.02. The summed E-state index contributed by atoms with van der Waals surface area (Å²) in [7, 11) is 0. The van der Waals surface area contributed by atoms with E-state index in [2.05, 4.69) is 15.5 Å². The van der Waals surface area contributed by atoms with Gasteiger partial charge in [0.05, 0.1) is 5.02 Å². The number of anilines is 1. The second kappa shape index (κ2) is 5.95. The molecule has 0 amide bonds. The third kappa shape index (κ3) is 3.15. The Morgan fingerprint density at radius 1 is 1.29 bits per heavy atom. The SMILES string of the molecule is OCCCNc1nnc(-c2ccccc2Cl)s1. The van der Waals surface area contributed by atoms with Gasteiger partial charge in [0.15, 0.2) is 5.01 Å². The molecule has 0 saturated heterocycles. The molecule has 90 valence electrons. The van der Waals surface area contributed by atoms with E-state index in [1.54, 1.807) is 0 Å². The fourth-order valence-corrected chi connectivity index (χ4v) is 2.40. The van der Waals surface area contributed by atoms with E-state index in [0.717, 1.165) is 15.7 Å². The van der Waals surface area contributed by atoms with Crippen molar-refractivity contribution < 1.29 is 5.11 Å². The minimum Gasteiger partial charge on any atom is -0.396 e. The van der Waals surface area contributed by atoms with Gasteiger partial charge >= 0.3 is 0 Å². The molecule has 4 nitrogen and oxygen atoms in total. The summed E-state index contributed by atoms with van der Waals surface area (Å²) < 4.78 is 0. The van der Waals surface area contributed by atoms with Crippen molar-refractivity contribution in [2.75, 3.05) is 18.5 Å². The van der Waals surface area contributed by atoms with Crippen molar-refractivity contribution in [3.8, 4) is 10.6 Å². The Morgan fingerprint density at radius 2 is 2.12 bits per heavy atom. The van der Waals surface area contributed by atoms with E-state index < -0.39 is 0 Å². The monoisotopic (exact) mass is 269 g/mol. The first-order valence-electron chi connectivity index (χ1n) is 5.24. The Kier molecular flexibility index (Phi) is 4.30. The topological polar surface area (TPSA) is 58.0 Å². The van der Waals surface area contributed by atoms with Crippen molar-refractivity contribution in [3.63, 3.8) is 0 Å². The van der Waals surface area contributed by atoms with Crippen LogP contribution >= 0.6 is 22.9 Å². The summed E-state index contributed by atoms with van der Waals surface area (Å²) in [5.74, 6) is 0. The summed E-state index contributed by atoms with van der Waals surface area (Å²) in [4.78, 5) is 0. The normalized spacial score (nSPS) is 10.5. The number of nitrogens with zero attached hydrogens (tertiary/aromatic N) is 2. The van der Waals surface area contributed by atoms with E-state index in [0.29, 0.717) is 18.0 Å². The van der Waals surface area contributed by atoms with Crippen molar-refractivity contribution in [1.82, 2.24) is 10.2 Å². The lowest BCUT2D eigenvalue weighted by molar-refractivity contribution is 0.292. The number of aliphatic hydroxyl groups excluding tert-OH is 1. The van der Waals surface area contributed by atoms with Crippen molar-refractivity contribution in [2.24, 2.45) is 0 Å². The first-order chi connectivity index (χ1) is 8.31. The Labute approximate surface area is 108 Å². The molecule has 0 aliphatic carbocycles. The Balaban J connectivity index is 2.10. The van der Waals surface area contributed by atoms with Crippen molar-refractivity contribution in [2.45, 2.75) is 6.42 Å². The van der Waals surface area contributed by atoms with E-state index in [1.165, 1.54) is 11.3 Å². The highest BCUT2D eigenvalue weighted by molar-refractivity contribution is 7.18. The van der Waals surface area contributed by atoms with Crippen LogP contribution < -0.4 is 5.32 Å². The molecule has 2 aromatic rings. The number of aromatic nitrogens is 2. The molecule has 0 saturated carbocycles. The third-order valence-electron chi connectivity index (χ3n) is 2.14. The zero-order valence-electron chi connectivity index (χ0n) is 9.06. The standard InChI is InChI=1S/C11H12ClN3OS/c12-9-5-2-1-4-8(9)10-14-15-11(17-10)13-6-3-7-16/h1-2,4-5,16H,3,6-7H2,(H,13,15). The lowest BCUT2D eigenvalue weighted by atomic mass is 10.2. The minimum absolute atomic E-state index is 0.170. The van der Waals surface area contributed by atoms with E-state index in [1.807, 2.05) is 24.3 Å². The highest BCUT2D eigenvalue weighted by Gasteiger charge is 2.08. The van der Waals surface area contributed by atoms with Gasteiger partial charge in [-0.2, -0.15) is 0 Å². The van der Waals surface area contributed by atoms with Crippen LogP contribution in [0.4, 0.5) is 5.13 Å². The van der Waals surface area contributed by atoms with E-state index in [4.69, 9.17) is 16.7 Å². The van der Waals surface area contributed by atoms with Gasteiger partial charge in [-0.1, -0.05) is 41.1 Å². The van der Waals surface area contributed by atoms with Gasteiger partial charge in [-0.05, 0) is 12.5 Å². The van der Waals surface area contributed by atoms with Gasteiger partial charge in [0.2, 0.25) is 5.13 Å². The summed E-state index contributed by atoms with van der Waals surface area (Å²) in [6, 6.07) is 7.55. The van der Waals surface area contributed by atoms with Crippen molar-refractivity contribution in [1.29, 1.82) is 0 Å². The van der Waals surface area contributed by atoms with E-state index in [9.17, 15) is 0 Å². The molecule has 0 aliphatic rings. The largest absolute Gasteiger partial charge is 0.396 e. The van der Waals surface area contributed by atoms with Crippen LogP contribution in [0.3, 0.4) is 0 Å². The predicted molar refractivity (Wildman–Crippen MR) is 70.5 cm³/mol. The van der Waals surface area contributed by atoms with Crippen LogP contribution in [0.15, 0.2) is 24.3 Å². The number of nitrogens with one attached hydrogen (secondary N) is 1. The third-order valence-corrected chi connectivity index (χ3v) is 3.38. The van der Waals surface area contributed by atoms with Gasteiger partial charge in [-0.15, -0.1) is 10.2 Å². The smallest absolute Gasteiger partial charge is 0.206 e. The van der Waals surface area contributed by atoms with Gasteiger partial charge < -0.3 is 10.4 Å². The molecule has 6 heteroatoms. The molecule has 0 aliphatic heterocycles. The maximum atomic E-state index is 8.67.